The zero-order chi connectivity index (χ0) is 30.9. The summed E-state index contributed by atoms with van der Waals surface area (Å²) < 4.78 is 2.51. The van der Waals surface area contributed by atoms with Crippen LogP contribution in [0.25, 0.3) is 82.2 Å². The largest absolute Gasteiger partial charge is 0.308 e. The van der Waals surface area contributed by atoms with E-state index in [-0.39, 0.29) is 5.41 Å². The van der Waals surface area contributed by atoms with Crippen LogP contribution in [-0.2, 0) is 5.41 Å². The fourth-order valence-corrected chi connectivity index (χ4v) is 8.63. The first-order valence-electron chi connectivity index (χ1n) is 16.4. The molecule has 10 rings (SSSR count). The van der Waals surface area contributed by atoms with E-state index in [0.29, 0.717) is 0 Å². The van der Waals surface area contributed by atoms with Gasteiger partial charge in [0.25, 0.3) is 0 Å². The molecule has 1 aliphatic rings. The van der Waals surface area contributed by atoms with E-state index in [1.165, 1.54) is 105 Å². The van der Waals surface area contributed by atoms with Crippen molar-refractivity contribution < 1.29 is 0 Å². The number of fused-ring (bicyclic) bond motifs is 10. The van der Waals surface area contributed by atoms with Crippen molar-refractivity contribution in [3.05, 3.63) is 150 Å². The molecule has 2 aromatic heterocycles. The molecule has 0 saturated carbocycles. The van der Waals surface area contributed by atoms with Crippen LogP contribution < -0.4 is 0 Å². The molecule has 0 fully saturated rings. The number of aryl methyl sites for hydroxylation is 2. The molecule has 0 amide bonds. The second-order valence-electron chi connectivity index (χ2n) is 13.9. The normalized spacial score (nSPS) is 13.8. The zero-order valence-corrected chi connectivity index (χ0v) is 26.6. The summed E-state index contributed by atoms with van der Waals surface area (Å²) in [5.74, 6) is 0. The van der Waals surface area contributed by atoms with Crippen LogP contribution in [0.5, 0.6) is 0 Å². The summed E-state index contributed by atoms with van der Waals surface area (Å²) >= 11 is 0. The van der Waals surface area contributed by atoms with Gasteiger partial charge >= 0.3 is 0 Å². The van der Waals surface area contributed by atoms with E-state index >= 15 is 0 Å². The van der Waals surface area contributed by atoms with Gasteiger partial charge in [-0.2, -0.15) is 0 Å². The van der Waals surface area contributed by atoms with E-state index < -0.39 is 0 Å². The standard InChI is InChI=1S/C45H33N/c1-26-10-5-6-11-32(26)36-23-31-25-43-39(24-30(31)20-27(36)2)35-14-9-13-34-38-22-29(17-19-42(38)46(43)44(34)35)28-16-18-41-37(21-28)33-12-7-8-15-40(33)45(41,3)4/h5-25H,1-4H3. The van der Waals surface area contributed by atoms with Crippen LogP contribution >= 0.6 is 0 Å². The Balaban J connectivity index is 1.19. The maximum atomic E-state index is 2.51. The zero-order valence-electron chi connectivity index (χ0n) is 26.6. The average molecular weight is 588 g/mol. The lowest BCUT2D eigenvalue weighted by Gasteiger charge is -2.21. The van der Waals surface area contributed by atoms with Gasteiger partial charge in [0, 0.05) is 27.0 Å². The fourth-order valence-electron chi connectivity index (χ4n) is 8.63. The molecule has 1 aliphatic carbocycles. The number of hydrogen-bond donors (Lipinski definition) is 0. The van der Waals surface area contributed by atoms with Gasteiger partial charge in [0.15, 0.2) is 0 Å². The molecule has 0 radical (unpaired) electrons. The minimum absolute atomic E-state index is 0.0200. The van der Waals surface area contributed by atoms with E-state index in [1.807, 2.05) is 0 Å². The van der Waals surface area contributed by atoms with E-state index in [2.05, 4.69) is 159 Å². The monoisotopic (exact) mass is 587 g/mol. The van der Waals surface area contributed by atoms with Crippen molar-refractivity contribution >= 4 is 48.9 Å². The highest BCUT2D eigenvalue weighted by Crippen LogP contribution is 2.50. The predicted molar refractivity (Wildman–Crippen MR) is 197 cm³/mol. The summed E-state index contributed by atoms with van der Waals surface area (Å²) in [5.41, 5.74) is 17.2. The highest BCUT2D eigenvalue weighted by atomic mass is 14.9. The van der Waals surface area contributed by atoms with Gasteiger partial charge in [0.1, 0.15) is 0 Å². The molecule has 0 aliphatic heterocycles. The van der Waals surface area contributed by atoms with Crippen LogP contribution in [0.4, 0.5) is 0 Å². The third kappa shape index (κ3) is 3.30. The van der Waals surface area contributed by atoms with Crippen LogP contribution in [0, 0.1) is 13.8 Å². The number of nitrogens with zero attached hydrogens (tertiary/aromatic N) is 1. The maximum Gasteiger partial charge on any atom is 0.0620 e. The van der Waals surface area contributed by atoms with Crippen molar-refractivity contribution in [2.24, 2.45) is 0 Å². The number of rotatable bonds is 2. The molecule has 2 heterocycles. The molecule has 9 aromatic rings. The van der Waals surface area contributed by atoms with E-state index in [9.17, 15) is 0 Å². The van der Waals surface area contributed by atoms with Crippen LogP contribution in [0.15, 0.2) is 127 Å². The van der Waals surface area contributed by atoms with E-state index in [0.717, 1.165) is 0 Å². The summed E-state index contributed by atoms with van der Waals surface area (Å²) in [4.78, 5) is 0. The van der Waals surface area contributed by atoms with Gasteiger partial charge in [0.05, 0.1) is 16.6 Å². The summed E-state index contributed by atoms with van der Waals surface area (Å²) in [6.45, 7) is 9.14. The second kappa shape index (κ2) is 8.86. The first-order valence-corrected chi connectivity index (χ1v) is 16.4. The molecule has 0 N–H and O–H groups in total. The molecule has 0 bridgehead atoms. The number of hydrogen-bond acceptors (Lipinski definition) is 0. The Hall–Kier alpha value is -5.40. The van der Waals surface area contributed by atoms with Crippen LogP contribution in [0.1, 0.15) is 36.1 Å². The first kappa shape index (κ1) is 25.9. The van der Waals surface area contributed by atoms with Crippen LogP contribution in [0.2, 0.25) is 0 Å². The highest BCUT2D eigenvalue weighted by molar-refractivity contribution is 6.25. The molecule has 7 aromatic carbocycles. The van der Waals surface area contributed by atoms with Crippen LogP contribution in [-0.4, -0.2) is 4.40 Å². The SMILES string of the molecule is Cc1ccccc1-c1cc2cc3c(cc2cc1C)c1cccc2c4cc(-c5ccc6c(c5)-c5ccccc5C6(C)C)ccc4n3c21. The third-order valence-electron chi connectivity index (χ3n) is 11.0. The van der Waals surface area contributed by atoms with Gasteiger partial charge in [-0.15, -0.1) is 0 Å². The lowest BCUT2D eigenvalue weighted by molar-refractivity contribution is 0.660. The number of aromatic nitrogens is 1. The van der Waals surface area contributed by atoms with Gasteiger partial charge in [-0.25, -0.2) is 0 Å². The Kier molecular flexibility index (Phi) is 4.99. The second-order valence-corrected chi connectivity index (χ2v) is 13.9. The van der Waals surface area contributed by atoms with Crippen molar-refractivity contribution in [1.29, 1.82) is 0 Å². The lowest BCUT2D eigenvalue weighted by Crippen LogP contribution is -2.14. The number of benzene rings is 7. The molecule has 1 heteroatoms. The quantitative estimate of drug-likeness (QED) is 0.189. The Morgan fingerprint density at radius 2 is 1.11 bits per heavy atom. The fraction of sp³-hybridized carbons (Fsp3) is 0.111. The third-order valence-corrected chi connectivity index (χ3v) is 11.0. The number of para-hydroxylation sites is 1. The van der Waals surface area contributed by atoms with Gasteiger partial charge in [-0.1, -0.05) is 105 Å². The predicted octanol–water partition coefficient (Wildman–Crippen LogP) is 12.2. The van der Waals surface area contributed by atoms with Gasteiger partial charge in [-0.3, -0.25) is 0 Å². The minimum Gasteiger partial charge on any atom is -0.308 e. The molecule has 0 unspecified atom stereocenters. The summed E-state index contributed by atoms with van der Waals surface area (Å²) in [6.07, 6.45) is 0. The Morgan fingerprint density at radius 3 is 1.93 bits per heavy atom. The highest BCUT2D eigenvalue weighted by Gasteiger charge is 2.35. The molecule has 0 spiro atoms. The molecule has 0 saturated heterocycles. The topological polar surface area (TPSA) is 4.41 Å². The smallest absolute Gasteiger partial charge is 0.0620 e. The van der Waals surface area contributed by atoms with Crippen molar-refractivity contribution in [3.8, 4) is 33.4 Å². The van der Waals surface area contributed by atoms with Gasteiger partial charge in [0.2, 0.25) is 0 Å². The van der Waals surface area contributed by atoms with Crippen LogP contribution in [0.3, 0.4) is 0 Å². The summed E-state index contributed by atoms with van der Waals surface area (Å²) in [7, 11) is 0. The van der Waals surface area contributed by atoms with Crippen molar-refractivity contribution in [2.75, 3.05) is 0 Å². The molecule has 46 heavy (non-hydrogen) atoms. The van der Waals surface area contributed by atoms with E-state index in [1.54, 1.807) is 0 Å². The minimum atomic E-state index is 0.0200. The summed E-state index contributed by atoms with van der Waals surface area (Å²) in [5, 5.41) is 7.85. The van der Waals surface area contributed by atoms with E-state index in [4.69, 9.17) is 0 Å². The lowest BCUT2D eigenvalue weighted by atomic mass is 9.82. The first-order chi connectivity index (χ1) is 22.4. The molecule has 1 nitrogen and oxygen atoms in total. The summed E-state index contributed by atoms with van der Waals surface area (Å²) in [6, 6.07) is 48.2. The molecular formula is C45H33N. The molecule has 218 valence electrons. The van der Waals surface area contributed by atoms with Gasteiger partial charge in [-0.05, 0) is 117 Å². The molecular weight excluding hydrogens is 555 g/mol. The van der Waals surface area contributed by atoms with Gasteiger partial charge < -0.3 is 4.40 Å². The van der Waals surface area contributed by atoms with Crippen molar-refractivity contribution in [3.63, 3.8) is 0 Å². The molecule has 0 atom stereocenters. The Labute approximate surface area is 268 Å². The van der Waals surface area contributed by atoms with Crippen molar-refractivity contribution in [2.45, 2.75) is 33.1 Å². The average Bonchev–Trinajstić information content (AvgIpc) is 3.66. The Bertz CT molecular complexity index is 2730. The maximum absolute atomic E-state index is 2.51. The van der Waals surface area contributed by atoms with Crippen molar-refractivity contribution in [1.82, 2.24) is 4.40 Å². The Morgan fingerprint density at radius 1 is 0.435 bits per heavy atom.